The minimum atomic E-state index is -3.84. The van der Waals surface area contributed by atoms with Crippen molar-refractivity contribution >= 4 is 16.1 Å². The first-order valence-corrected chi connectivity index (χ1v) is 7.08. The van der Waals surface area contributed by atoms with Crippen molar-refractivity contribution in [2.75, 3.05) is 21.1 Å². The molecule has 0 spiro atoms. The summed E-state index contributed by atoms with van der Waals surface area (Å²) in [4.78, 5) is 15.7. The number of nitrogens with zero attached hydrogens (tertiary/aromatic N) is 4. The highest BCUT2D eigenvalue weighted by molar-refractivity contribution is 7.88. The summed E-state index contributed by atoms with van der Waals surface area (Å²) < 4.78 is 26.0. The molecule has 0 aliphatic rings. The van der Waals surface area contributed by atoms with Gasteiger partial charge in [-0.3, -0.25) is 0 Å². The van der Waals surface area contributed by atoms with Crippen LogP contribution < -0.4 is 5.32 Å². The number of amides is 1. The molecular weight excluding hydrogens is 270 g/mol. The average Bonchev–Trinajstić information content (AvgIpc) is 2.72. The van der Waals surface area contributed by atoms with Gasteiger partial charge in [0.2, 0.25) is 0 Å². The van der Waals surface area contributed by atoms with Crippen molar-refractivity contribution in [3.63, 3.8) is 0 Å². The molecule has 19 heavy (non-hydrogen) atoms. The molecule has 1 aromatic heterocycles. The van der Waals surface area contributed by atoms with Crippen LogP contribution in [0.25, 0.3) is 0 Å². The highest BCUT2D eigenvalue weighted by atomic mass is 32.2. The fourth-order valence-corrected chi connectivity index (χ4v) is 2.05. The number of rotatable bonds is 2. The van der Waals surface area contributed by atoms with E-state index in [1.54, 1.807) is 0 Å². The molecule has 0 aliphatic carbocycles. The van der Waals surface area contributed by atoms with E-state index in [1.165, 1.54) is 21.1 Å². The fourth-order valence-electron chi connectivity index (χ4n) is 1.18. The second-order valence-corrected chi connectivity index (χ2v) is 7.27. The number of nitrogens with one attached hydrogen (secondary N) is 1. The molecular formula is C10H19N5O3S. The summed E-state index contributed by atoms with van der Waals surface area (Å²) in [6, 6.07) is -0.650. The van der Waals surface area contributed by atoms with Gasteiger partial charge in [-0.1, -0.05) is 20.8 Å². The molecule has 1 heterocycles. The first kappa shape index (κ1) is 15.6. The van der Waals surface area contributed by atoms with Crippen LogP contribution in [0.5, 0.6) is 0 Å². The Kier molecular flexibility index (Phi) is 4.01. The van der Waals surface area contributed by atoms with E-state index in [4.69, 9.17) is 0 Å². The maximum Gasteiger partial charge on any atom is 0.344 e. The maximum atomic E-state index is 12.1. The van der Waals surface area contributed by atoms with Gasteiger partial charge in [-0.15, -0.1) is 9.78 Å². The zero-order valence-electron chi connectivity index (χ0n) is 11.9. The molecule has 1 amide bonds. The van der Waals surface area contributed by atoms with Crippen molar-refractivity contribution < 1.29 is 13.2 Å². The van der Waals surface area contributed by atoms with E-state index in [2.05, 4.69) is 15.4 Å². The Morgan fingerprint density at radius 2 is 1.84 bits per heavy atom. The number of carbonyl (C=O) groups excluding carboxylic acids is 1. The third-order valence-corrected chi connectivity index (χ3v) is 4.05. The lowest BCUT2D eigenvalue weighted by Crippen LogP contribution is -2.32. The quantitative estimate of drug-likeness (QED) is 0.827. The Morgan fingerprint density at radius 1 is 1.32 bits per heavy atom. The summed E-state index contributed by atoms with van der Waals surface area (Å²) in [5.74, 6) is 0.288. The van der Waals surface area contributed by atoms with Crippen LogP contribution in [0.2, 0.25) is 0 Å². The van der Waals surface area contributed by atoms with Crippen LogP contribution >= 0.6 is 0 Å². The predicted octanol–water partition coefficient (Wildman–Crippen LogP) is 0.0134. The highest BCUT2D eigenvalue weighted by Crippen LogP contribution is 2.21. The summed E-state index contributed by atoms with van der Waals surface area (Å²) in [6.07, 6.45) is 0. The van der Waals surface area contributed by atoms with Gasteiger partial charge >= 0.3 is 6.03 Å². The molecule has 0 bridgehead atoms. The van der Waals surface area contributed by atoms with Crippen LogP contribution in [0.15, 0.2) is 5.16 Å². The van der Waals surface area contributed by atoms with E-state index < -0.39 is 21.5 Å². The monoisotopic (exact) mass is 289 g/mol. The normalized spacial score (nSPS) is 12.8. The van der Waals surface area contributed by atoms with Gasteiger partial charge in [0.25, 0.3) is 15.2 Å². The van der Waals surface area contributed by atoms with Crippen LogP contribution in [0.3, 0.4) is 0 Å². The molecule has 0 aliphatic heterocycles. The number of aromatic nitrogens is 3. The summed E-state index contributed by atoms with van der Waals surface area (Å²) in [5, 5.41) is 5.94. The molecule has 1 N–H and O–H groups in total. The van der Waals surface area contributed by atoms with E-state index in [0.29, 0.717) is 0 Å². The Labute approximate surface area is 112 Å². The summed E-state index contributed by atoms with van der Waals surface area (Å²) in [7, 11) is 0.295. The van der Waals surface area contributed by atoms with Crippen LogP contribution in [0, 0.1) is 0 Å². The van der Waals surface area contributed by atoms with E-state index in [-0.39, 0.29) is 11.0 Å². The maximum absolute atomic E-state index is 12.1. The van der Waals surface area contributed by atoms with E-state index in [1.807, 2.05) is 20.8 Å². The predicted molar refractivity (Wildman–Crippen MR) is 69.4 cm³/mol. The third kappa shape index (κ3) is 2.92. The zero-order chi connectivity index (χ0) is 15.0. The molecule has 9 heteroatoms. The molecule has 1 aromatic rings. The van der Waals surface area contributed by atoms with Crippen molar-refractivity contribution in [2.24, 2.45) is 0 Å². The summed E-state index contributed by atoms with van der Waals surface area (Å²) in [6.45, 7) is 5.51. The van der Waals surface area contributed by atoms with E-state index >= 15 is 0 Å². The number of sulfonamides is 1. The van der Waals surface area contributed by atoms with Gasteiger partial charge in [-0.2, -0.15) is 4.98 Å². The largest absolute Gasteiger partial charge is 0.344 e. The number of hydrogen-bond donors (Lipinski definition) is 1. The minimum Gasteiger partial charge on any atom is -0.339 e. The molecule has 0 unspecified atom stereocenters. The van der Waals surface area contributed by atoms with Gasteiger partial charge in [-0.25, -0.2) is 17.5 Å². The van der Waals surface area contributed by atoms with Crippen LogP contribution in [0.4, 0.5) is 4.79 Å². The standard InChI is InChI=1S/C10H19N5O3S/c1-10(2,3)7-12-9(19(17,18)14(5)6)15(13-7)8(16)11-4/h1-6H3,(H,11,16). The first-order valence-electron chi connectivity index (χ1n) is 5.64. The average molecular weight is 289 g/mol. The molecule has 0 saturated carbocycles. The van der Waals surface area contributed by atoms with Crippen LogP contribution in [-0.2, 0) is 15.4 Å². The van der Waals surface area contributed by atoms with Crippen LogP contribution in [-0.4, -0.2) is 54.7 Å². The van der Waals surface area contributed by atoms with Crippen LogP contribution in [0.1, 0.15) is 26.6 Å². The number of hydrogen-bond acceptors (Lipinski definition) is 5. The van der Waals surface area contributed by atoms with Gasteiger partial charge in [0.05, 0.1) is 0 Å². The zero-order valence-corrected chi connectivity index (χ0v) is 12.7. The Hall–Kier alpha value is -1.48. The molecule has 0 fully saturated rings. The van der Waals surface area contributed by atoms with Crippen molar-refractivity contribution in [3.8, 4) is 0 Å². The lowest BCUT2D eigenvalue weighted by atomic mass is 9.96. The summed E-state index contributed by atoms with van der Waals surface area (Å²) in [5.41, 5.74) is -0.462. The van der Waals surface area contributed by atoms with Crippen molar-refractivity contribution in [1.82, 2.24) is 24.4 Å². The topological polar surface area (TPSA) is 97.2 Å². The smallest absolute Gasteiger partial charge is 0.339 e. The summed E-state index contributed by atoms with van der Waals surface area (Å²) >= 11 is 0. The lowest BCUT2D eigenvalue weighted by Gasteiger charge is -2.12. The SMILES string of the molecule is CNC(=O)n1nc(C(C)(C)C)nc1S(=O)(=O)N(C)C. The van der Waals surface area contributed by atoms with Crippen molar-refractivity contribution in [1.29, 1.82) is 0 Å². The molecule has 0 atom stereocenters. The fraction of sp³-hybridized carbons (Fsp3) is 0.700. The highest BCUT2D eigenvalue weighted by Gasteiger charge is 2.32. The molecule has 0 aromatic carbocycles. The minimum absolute atomic E-state index is 0.288. The van der Waals surface area contributed by atoms with Gasteiger partial charge in [0.1, 0.15) is 0 Å². The second kappa shape index (κ2) is 4.89. The van der Waals surface area contributed by atoms with Gasteiger partial charge in [0, 0.05) is 26.6 Å². The lowest BCUT2D eigenvalue weighted by molar-refractivity contribution is 0.238. The van der Waals surface area contributed by atoms with Crippen molar-refractivity contribution in [3.05, 3.63) is 5.82 Å². The van der Waals surface area contributed by atoms with Gasteiger partial charge in [0.15, 0.2) is 5.82 Å². The van der Waals surface area contributed by atoms with E-state index in [0.717, 1.165) is 8.99 Å². The molecule has 1 rings (SSSR count). The molecule has 0 saturated heterocycles. The van der Waals surface area contributed by atoms with Gasteiger partial charge < -0.3 is 5.32 Å². The van der Waals surface area contributed by atoms with E-state index in [9.17, 15) is 13.2 Å². The molecule has 108 valence electrons. The van der Waals surface area contributed by atoms with Gasteiger partial charge in [-0.05, 0) is 0 Å². The Bertz CT molecular complexity index is 583. The first-order chi connectivity index (χ1) is 8.51. The molecule has 8 nitrogen and oxygen atoms in total. The Balaban J connectivity index is 3.55. The second-order valence-electron chi connectivity index (χ2n) is 5.22. The number of carbonyl (C=O) groups is 1. The Morgan fingerprint density at radius 3 is 2.21 bits per heavy atom. The molecule has 0 radical (unpaired) electrons. The third-order valence-electron chi connectivity index (χ3n) is 2.37. The van der Waals surface area contributed by atoms with Crippen molar-refractivity contribution in [2.45, 2.75) is 31.3 Å².